The highest BCUT2D eigenvalue weighted by Crippen LogP contribution is 2.24. The van der Waals surface area contributed by atoms with E-state index in [2.05, 4.69) is 4.98 Å². The first kappa shape index (κ1) is 18.2. The van der Waals surface area contributed by atoms with Crippen molar-refractivity contribution in [2.24, 2.45) is 0 Å². The Bertz CT molecular complexity index is 1180. The normalized spacial score (nSPS) is 11.0. The van der Waals surface area contributed by atoms with Gasteiger partial charge in [0.2, 0.25) is 0 Å². The Kier molecular flexibility index (Phi) is 5.08. The zero-order valence-electron chi connectivity index (χ0n) is 15.1. The van der Waals surface area contributed by atoms with Gasteiger partial charge in [0, 0.05) is 29.5 Å². The number of aromatic nitrogens is 1. The second-order valence-electron chi connectivity index (χ2n) is 6.19. The van der Waals surface area contributed by atoms with Crippen LogP contribution in [0.15, 0.2) is 57.7 Å². The van der Waals surface area contributed by atoms with Gasteiger partial charge in [0.1, 0.15) is 17.9 Å². The van der Waals surface area contributed by atoms with Crippen LogP contribution in [0.2, 0.25) is 0 Å². The quantitative estimate of drug-likeness (QED) is 0.361. The number of ether oxygens (including phenoxy) is 2. The fraction of sp³-hybridized carbons (Fsp3) is 0.190. The summed E-state index contributed by atoms with van der Waals surface area (Å²) in [6.07, 6.45) is 0.750. The van der Waals surface area contributed by atoms with Crippen LogP contribution in [0.5, 0.6) is 5.75 Å². The van der Waals surface area contributed by atoms with Gasteiger partial charge in [-0.1, -0.05) is 12.1 Å². The molecular weight excluding hydrogens is 378 g/mol. The van der Waals surface area contributed by atoms with Gasteiger partial charge in [-0.3, -0.25) is 4.79 Å². The summed E-state index contributed by atoms with van der Waals surface area (Å²) in [6.45, 7) is 0.00705. The molecule has 0 saturated carbocycles. The van der Waals surface area contributed by atoms with Crippen LogP contribution in [0.1, 0.15) is 17.0 Å². The Morgan fingerprint density at radius 1 is 1.18 bits per heavy atom. The molecule has 2 aromatic heterocycles. The SMILES string of the molecule is COc1ccc2c(COC(=O)CCc3nc4ccccc4s3)cc(=O)oc2c1. The minimum atomic E-state index is -0.499. The first-order chi connectivity index (χ1) is 13.6. The fourth-order valence-electron chi connectivity index (χ4n) is 2.92. The molecule has 0 radical (unpaired) electrons. The molecule has 0 atom stereocenters. The lowest BCUT2D eigenvalue weighted by atomic mass is 10.1. The van der Waals surface area contributed by atoms with Gasteiger partial charge in [0.25, 0.3) is 0 Å². The van der Waals surface area contributed by atoms with Gasteiger partial charge in [0.05, 0.1) is 28.8 Å². The van der Waals surface area contributed by atoms with Gasteiger partial charge in [-0.15, -0.1) is 11.3 Å². The number of methoxy groups -OCH3 is 1. The number of aryl methyl sites for hydroxylation is 1. The van der Waals surface area contributed by atoms with Crippen LogP contribution in [0, 0.1) is 0 Å². The average molecular weight is 395 g/mol. The molecule has 0 aliphatic carbocycles. The van der Waals surface area contributed by atoms with Gasteiger partial charge < -0.3 is 13.9 Å². The molecule has 142 valence electrons. The number of thiazole rings is 1. The number of nitrogens with zero attached hydrogens (tertiary/aromatic N) is 1. The number of esters is 1. The maximum atomic E-state index is 12.2. The standard InChI is InChI=1S/C21H17NO5S/c1-25-14-6-7-15-13(10-21(24)27-17(15)11-14)12-26-20(23)9-8-19-22-16-4-2-3-5-18(16)28-19/h2-7,10-11H,8-9,12H2,1H3. The van der Waals surface area contributed by atoms with Crippen molar-refractivity contribution in [2.75, 3.05) is 7.11 Å². The van der Waals surface area contributed by atoms with Gasteiger partial charge in [0.15, 0.2) is 0 Å². The van der Waals surface area contributed by atoms with Gasteiger partial charge in [-0.2, -0.15) is 0 Å². The Balaban J connectivity index is 1.42. The highest BCUT2D eigenvalue weighted by atomic mass is 32.1. The molecule has 28 heavy (non-hydrogen) atoms. The van der Waals surface area contributed by atoms with Crippen molar-refractivity contribution >= 4 is 38.5 Å². The van der Waals surface area contributed by atoms with E-state index in [1.807, 2.05) is 24.3 Å². The number of rotatable bonds is 6. The molecule has 2 aromatic carbocycles. The lowest BCUT2D eigenvalue weighted by Gasteiger charge is -2.08. The van der Waals surface area contributed by atoms with Crippen molar-refractivity contribution in [3.8, 4) is 5.75 Å². The lowest BCUT2D eigenvalue weighted by molar-refractivity contribution is -0.144. The average Bonchev–Trinajstić information content (AvgIpc) is 3.12. The molecule has 0 bridgehead atoms. The number of hydrogen-bond acceptors (Lipinski definition) is 7. The fourth-order valence-corrected chi connectivity index (χ4v) is 3.89. The Labute approximate surface area is 164 Å². The summed E-state index contributed by atoms with van der Waals surface area (Å²) in [7, 11) is 1.54. The molecule has 0 fully saturated rings. The third-order valence-corrected chi connectivity index (χ3v) is 5.40. The van der Waals surface area contributed by atoms with Crippen molar-refractivity contribution in [3.05, 3.63) is 69.5 Å². The summed E-state index contributed by atoms with van der Waals surface area (Å²) in [6, 6.07) is 14.4. The van der Waals surface area contributed by atoms with Crippen LogP contribution >= 0.6 is 11.3 Å². The highest BCUT2D eigenvalue weighted by molar-refractivity contribution is 7.18. The Morgan fingerprint density at radius 2 is 2.04 bits per heavy atom. The van der Waals surface area contributed by atoms with E-state index in [4.69, 9.17) is 13.9 Å². The van der Waals surface area contributed by atoms with Crippen LogP contribution in [-0.4, -0.2) is 18.1 Å². The number of benzene rings is 2. The van der Waals surface area contributed by atoms with E-state index in [1.54, 1.807) is 29.5 Å². The van der Waals surface area contributed by atoms with Crippen LogP contribution in [-0.2, 0) is 22.6 Å². The summed E-state index contributed by atoms with van der Waals surface area (Å²) in [5, 5.41) is 1.61. The largest absolute Gasteiger partial charge is 0.497 e. The molecule has 0 aliphatic heterocycles. The monoisotopic (exact) mass is 395 g/mol. The number of carbonyl (C=O) groups excluding carboxylic acids is 1. The molecule has 7 heteroatoms. The van der Waals surface area contributed by atoms with Crippen LogP contribution in [0.3, 0.4) is 0 Å². The lowest BCUT2D eigenvalue weighted by Crippen LogP contribution is -2.08. The van der Waals surface area contributed by atoms with E-state index in [1.165, 1.54) is 13.2 Å². The summed E-state index contributed by atoms with van der Waals surface area (Å²) >= 11 is 1.58. The number of hydrogen-bond donors (Lipinski definition) is 0. The Morgan fingerprint density at radius 3 is 2.86 bits per heavy atom. The zero-order chi connectivity index (χ0) is 19.5. The predicted molar refractivity (Wildman–Crippen MR) is 107 cm³/mol. The minimum Gasteiger partial charge on any atom is -0.497 e. The number of para-hydroxylation sites is 1. The number of fused-ring (bicyclic) bond motifs is 2. The molecule has 0 aliphatic rings. The molecule has 0 spiro atoms. The van der Waals surface area contributed by atoms with E-state index in [0.29, 0.717) is 28.7 Å². The predicted octanol–water partition coefficient (Wildman–Crippen LogP) is 4.09. The summed E-state index contributed by atoms with van der Waals surface area (Å²) < 4.78 is 16.8. The topological polar surface area (TPSA) is 78.6 Å². The highest BCUT2D eigenvalue weighted by Gasteiger charge is 2.11. The summed E-state index contributed by atoms with van der Waals surface area (Å²) in [4.78, 5) is 28.5. The first-order valence-corrected chi connectivity index (χ1v) is 9.55. The van der Waals surface area contributed by atoms with Crippen molar-refractivity contribution < 1.29 is 18.7 Å². The van der Waals surface area contributed by atoms with E-state index in [9.17, 15) is 9.59 Å². The van der Waals surface area contributed by atoms with E-state index in [-0.39, 0.29) is 19.0 Å². The molecule has 0 amide bonds. The van der Waals surface area contributed by atoms with Crippen molar-refractivity contribution in [1.82, 2.24) is 4.98 Å². The minimum absolute atomic E-state index is 0.00705. The molecule has 0 N–H and O–H groups in total. The van der Waals surface area contributed by atoms with Crippen LogP contribution in [0.25, 0.3) is 21.2 Å². The molecule has 2 heterocycles. The maximum Gasteiger partial charge on any atom is 0.336 e. The van der Waals surface area contributed by atoms with Gasteiger partial charge >= 0.3 is 11.6 Å². The van der Waals surface area contributed by atoms with E-state index in [0.717, 1.165) is 15.2 Å². The second kappa shape index (κ2) is 7.82. The molecule has 4 aromatic rings. The van der Waals surface area contributed by atoms with Crippen LogP contribution in [0.4, 0.5) is 0 Å². The van der Waals surface area contributed by atoms with Crippen molar-refractivity contribution in [1.29, 1.82) is 0 Å². The van der Waals surface area contributed by atoms with E-state index >= 15 is 0 Å². The van der Waals surface area contributed by atoms with Crippen LogP contribution < -0.4 is 10.4 Å². The zero-order valence-corrected chi connectivity index (χ0v) is 16.0. The van der Waals surface area contributed by atoms with Crippen molar-refractivity contribution in [3.63, 3.8) is 0 Å². The first-order valence-electron chi connectivity index (χ1n) is 8.73. The molecular formula is C21H17NO5S. The van der Waals surface area contributed by atoms with Gasteiger partial charge in [-0.25, -0.2) is 9.78 Å². The second-order valence-corrected chi connectivity index (χ2v) is 7.30. The molecule has 0 saturated heterocycles. The molecule has 6 nitrogen and oxygen atoms in total. The van der Waals surface area contributed by atoms with Crippen molar-refractivity contribution in [2.45, 2.75) is 19.4 Å². The van der Waals surface area contributed by atoms with Gasteiger partial charge in [-0.05, 0) is 24.3 Å². The summed E-state index contributed by atoms with van der Waals surface area (Å²) in [5.41, 5.74) is 1.43. The molecule has 0 unspecified atom stereocenters. The maximum absolute atomic E-state index is 12.2. The smallest absolute Gasteiger partial charge is 0.336 e. The third kappa shape index (κ3) is 3.89. The summed E-state index contributed by atoms with van der Waals surface area (Å²) in [5.74, 6) is 0.245. The van der Waals surface area contributed by atoms with E-state index < -0.39 is 5.63 Å². The third-order valence-electron chi connectivity index (χ3n) is 4.31. The molecule has 4 rings (SSSR count). The Hall–Kier alpha value is -3.19. The number of carbonyl (C=O) groups is 1.